The summed E-state index contributed by atoms with van der Waals surface area (Å²) in [5.74, 6) is 0.949. The maximum Gasteiger partial charge on any atom is 0.276 e. The Morgan fingerprint density at radius 1 is 1.04 bits per heavy atom. The van der Waals surface area contributed by atoms with Gasteiger partial charge in [0, 0.05) is 11.3 Å². The zero-order valence-corrected chi connectivity index (χ0v) is 14.3. The number of carbonyl (C=O) groups excluding carboxylic acids is 1. The van der Waals surface area contributed by atoms with Crippen LogP contribution in [0.2, 0.25) is 0 Å². The fourth-order valence-electron chi connectivity index (χ4n) is 2.08. The van der Waals surface area contributed by atoms with Crippen LogP contribution < -0.4 is 5.32 Å². The predicted octanol–water partition coefficient (Wildman–Crippen LogP) is 3.81. The molecule has 0 fully saturated rings. The molecule has 6 heteroatoms. The second-order valence-electron chi connectivity index (χ2n) is 5.13. The second kappa shape index (κ2) is 8.84. The SMILES string of the molecule is O=C(NCc1nnc(SC/C=C/c2ccccc2)o1)c1ccccc1. The van der Waals surface area contributed by atoms with Gasteiger partial charge in [-0.05, 0) is 17.7 Å². The third-order valence-electron chi connectivity index (χ3n) is 3.30. The largest absolute Gasteiger partial charge is 0.414 e. The van der Waals surface area contributed by atoms with Crippen molar-refractivity contribution in [2.45, 2.75) is 11.8 Å². The lowest BCUT2D eigenvalue weighted by molar-refractivity contribution is 0.0946. The van der Waals surface area contributed by atoms with E-state index in [1.165, 1.54) is 11.8 Å². The Morgan fingerprint density at radius 2 is 1.76 bits per heavy atom. The Labute approximate surface area is 150 Å². The third-order valence-corrected chi connectivity index (χ3v) is 4.07. The van der Waals surface area contributed by atoms with Gasteiger partial charge in [-0.15, -0.1) is 10.2 Å². The Morgan fingerprint density at radius 3 is 2.52 bits per heavy atom. The molecule has 0 radical (unpaired) electrons. The van der Waals surface area contributed by atoms with Gasteiger partial charge >= 0.3 is 0 Å². The summed E-state index contributed by atoms with van der Waals surface area (Å²) >= 11 is 1.45. The van der Waals surface area contributed by atoms with Crippen LogP contribution in [0.1, 0.15) is 21.8 Å². The summed E-state index contributed by atoms with van der Waals surface area (Å²) in [7, 11) is 0. The Kier molecular flexibility index (Phi) is 6.01. The molecule has 0 saturated carbocycles. The number of amides is 1. The van der Waals surface area contributed by atoms with Crippen molar-refractivity contribution in [1.29, 1.82) is 0 Å². The van der Waals surface area contributed by atoms with E-state index in [0.29, 0.717) is 16.7 Å². The van der Waals surface area contributed by atoms with Crippen LogP contribution in [-0.2, 0) is 6.54 Å². The molecule has 3 rings (SSSR count). The quantitative estimate of drug-likeness (QED) is 0.656. The highest BCUT2D eigenvalue weighted by atomic mass is 32.2. The van der Waals surface area contributed by atoms with Crippen LogP contribution in [0.3, 0.4) is 0 Å². The molecule has 0 spiro atoms. The average molecular weight is 351 g/mol. The standard InChI is InChI=1S/C19H17N3O2S/c23-18(16-11-5-2-6-12-16)20-14-17-21-22-19(24-17)25-13-7-10-15-8-3-1-4-9-15/h1-12H,13-14H2,(H,20,23)/b10-7+. The molecule has 0 atom stereocenters. The number of nitrogens with zero attached hydrogens (tertiary/aromatic N) is 2. The average Bonchev–Trinajstić information content (AvgIpc) is 3.13. The lowest BCUT2D eigenvalue weighted by Gasteiger charge is -2.01. The first-order chi connectivity index (χ1) is 12.3. The molecule has 126 valence electrons. The minimum atomic E-state index is -0.168. The van der Waals surface area contributed by atoms with Gasteiger partial charge in [0.05, 0.1) is 6.54 Å². The first kappa shape index (κ1) is 17.0. The Hall–Kier alpha value is -2.86. The molecule has 0 bridgehead atoms. The number of benzene rings is 2. The molecular weight excluding hydrogens is 334 g/mol. The van der Waals surface area contributed by atoms with Gasteiger partial charge in [0.25, 0.3) is 11.1 Å². The van der Waals surface area contributed by atoms with Crippen LogP contribution in [0.5, 0.6) is 0 Å². The Balaban J connectivity index is 1.44. The van der Waals surface area contributed by atoms with E-state index >= 15 is 0 Å². The van der Waals surface area contributed by atoms with Crippen molar-refractivity contribution in [3.8, 4) is 0 Å². The lowest BCUT2D eigenvalue weighted by atomic mass is 10.2. The van der Waals surface area contributed by atoms with Gasteiger partial charge in [-0.1, -0.05) is 72.4 Å². The van der Waals surface area contributed by atoms with Crippen LogP contribution in [0.15, 0.2) is 76.4 Å². The van der Waals surface area contributed by atoms with E-state index in [1.54, 1.807) is 12.1 Å². The monoisotopic (exact) mass is 351 g/mol. The van der Waals surface area contributed by atoms with E-state index < -0.39 is 0 Å². The molecule has 3 aromatic rings. The van der Waals surface area contributed by atoms with Gasteiger partial charge in [0.1, 0.15) is 0 Å². The van der Waals surface area contributed by atoms with Crippen molar-refractivity contribution < 1.29 is 9.21 Å². The van der Waals surface area contributed by atoms with Crippen molar-refractivity contribution in [3.05, 3.63) is 83.8 Å². The van der Waals surface area contributed by atoms with Crippen molar-refractivity contribution in [3.63, 3.8) is 0 Å². The van der Waals surface area contributed by atoms with Crippen molar-refractivity contribution in [2.75, 3.05) is 5.75 Å². The molecule has 25 heavy (non-hydrogen) atoms. The van der Waals surface area contributed by atoms with Crippen molar-refractivity contribution in [2.24, 2.45) is 0 Å². The fraction of sp³-hybridized carbons (Fsp3) is 0.105. The van der Waals surface area contributed by atoms with Gasteiger partial charge < -0.3 is 9.73 Å². The topological polar surface area (TPSA) is 68.0 Å². The molecule has 0 unspecified atom stereocenters. The highest BCUT2D eigenvalue weighted by molar-refractivity contribution is 7.99. The highest BCUT2D eigenvalue weighted by Gasteiger charge is 2.09. The van der Waals surface area contributed by atoms with Crippen LogP contribution in [0.4, 0.5) is 0 Å². The molecule has 5 nitrogen and oxygen atoms in total. The van der Waals surface area contributed by atoms with E-state index in [2.05, 4.69) is 15.5 Å². The molecule has 1 heterocycles. The smallest absolute Gasteiger partial charge is 0.276 e. The van der Waals surface area contributed by atoms with Gasteiger partial charge in [-0.2, -0.15) is 0 Å². The molecule has 0 aliphatic rings. The number of carbonyl (C=O) groups is 1. The maximum atomic E-state index is 12.0. The first-order valence-corrected chi connectivity index (χ1v) is 8.80. The number of aromatic nitrogens is 2. The normalized spacial score (nSPS) is 10.9. The summed E-state index contributed by atoms with van der Waals surface area (Å²) < 4.78 is 5.51. The van der Waals surface area contributed by atoms with Crippen LogP contribution in [0, 0.1) is 0 Å². The number of hydrogen-bond donors (Lipinski definition) is 1. The van der Waals surface area contributed by atoms with Gasteiger partial charge in [0.2, 0.25) is 5.89 Å². The minimum Gasteiger partial charge on any atom is -0.414 e. The third kappa shape index (κ3) is 5.32. The molecule has 0 saturated heterocycles. The van der Waals surface area contributed by atoms with E-state index in [9.17, 15) is 4.79 Å². The Bertz CT molecular complexity index is 832. The summed E-state index contributed by atoms with van der Waals surface area (Å²) in [6.07, 6.45) is 4.09. The van der Waals surface area contributed by atoms with Crippen molar-refractivity contribution in [1.82, 2.24) is 15.5 Å². The lowest BCUT2D eigenvalue weighted by Crippen LogP contribution is -2.22. The zero-order valence-electron chi connectivity index (χ0n) is 13.5. The predicted molar refractivity (Wildman–Crippen MR) is 98.1 cm³/mol. The molecule has 1 N–H and O–H groups in total. The summed E-state index contributed by atoms with van der Waals surface area (Å²) in [5.41, 5.74) is 1.75. The summed E-state index contributed by atoms with van der Waals surface area (Å²) in [4.78, 5) is 12.0. The number of rotatable bonds is 7. The zero-order chi connectivity index (χ0) is 17.3. The van der Waals surface area contributed by atoms with Crippen molar-refractivity contribution >= 4 is 23.7 Å². The summed E-state index contributed by atoms with van der Waals surface area (Å²) in [5, 5.41) is 11.2. The van der Waals surface area contributed by atoms with Crippen LogP contribution in [0.25, 0.3) is 6.08 Å². The molecular formula is C19H17N3O2S. The molecule has 0 aliphatic carbocycles. The minimum absolute atomic E-state index is 0.168. The molecule has 1 aromatic heterocycles. The number of nitrogens with one attached hydrogen (secondary N) is 1. The molecule has 1 amide bonds. The second-order valence-corrected chi connectivity index (χ2v) is 6.11. The van der Waals surface area contributed by atoms with Crippen LogP contribution in [-0.4, -0.2) is 21.9 Å². The highest BCUT2D eigenvalue weighted by Crippen LogP contribution is 2.16. The summed E-state index contributed by atoms with van der Waals surface area (Å²) in [6.45, 7) is 0.209. The van der Waals surface area contributed by atoms with E-state index in [-0.39, 0.29) is 12.5 Å². The van der Waals surface area contributed by atoms with E-state index in [4.69, 9.17) is 4.42 Å². The van der Waals surface area contributed by atoms with Gasteiger partial charge in [0.15, 0.2) is 0 Å². The first-order valence-electron chi connectivity index (χ1n) is 7.81. The van der Waals surface area contributed by atoms with Gasteiger partial charge in [-0.3, -0.25) is 4.79 Å². The maximum absolute atomic E-state index is 12.0. The van der Waals surface area contributed by atoms with Gasteiger partial charge in [-0.25, -0.2) is 0 Å². The number of hydrogen-bond acceptors (Lipinski definition) is 5. The van der Waals surface area contributed by atoms with E-state index in [1.807, 2.05) is 60.7 Å². The number of thioether (sulfide) groups is 1. The molecule has 2 aromatic carbocycles. The summed E-state index contributed by atoms with van der Waals surface area (Å²) in [6, 6.07) is 19.1. The van der Waals surface area contributed by atoms with E-state index in [0.717, 1.165) is 11.3 Å². The van der Waals surface area contributed by atoms with Crippen LogP contribution >= 0.6 is 11.8 Å². The molecule has 0 aliphatic heterocycles. The fourth-order valence-corrected chi connectivity index (χ4v) is 2.67.